The summed E-state index contributed by atoms with van der Waals surface area (Å²) in [6, 6.07) is 26.6. The minimum Gasteiger partial charge on any atom is -0.481 e. The lowest BCUT2D eigenvalue weighted by molar-refractivity contribution is -0.136. The van der Waals surface area contributed by atoms with Crippen molar-refractivity contribution in [2.24, 2.45) is 0 Å². The van der Waals surface area contributed by atoms with E-state index in [9.17, 15) is 4.79 Å². The minimum atomic E-state index is -0.807. The molecular formula is C22H21NO2S. The van der Waals surface area contributed by atoms with Crippen LogP contribution < -0.4 is 5.32 Å². The number of benzene rings is 3. The molecule has 3 aromatic rings. The third kappa shape index (κ3) is 5.14. The Morgan fingerprint density at radius 2 is 1.50 bits per heavy atom. The zero-order valence-corrected chi connectivity index (χ0v) is 15.4. The lowest BCUT2D eigenvalue weighted by Gasteiger charge is -2.16. The molecular weight excluding hydrogens is 342 g/mol. The highest BCUT2D eigenvalue weighted by molar-refractivity contribution is 7.99. The fourth-order valence-corrected chi connectivity index (χ4v) is 3.50. The molecule has 2 N–H and O–H groups in total. The van der Waals surface area contributed by atoms with E-state index in [0.717, 1.165) is 21.0 Å². The molecule has 132 valence electrons. The van der Waals surface area contributed by atoms with Crippen LogP contribution in [0.1, 0.15) is 24.1 Å². The second kappa shape index (κ2) is 8.59. The summed E-state index contributed by atoms with van der Waals surface area (Å²) >= 11 is 1.66. The van der Waals surface area contributed by atoms with Crippen molar-refractivity contribution in [3.8, 4) is 0 Å². The summed E-state index contributed by atoms with van der Waals surface area (Å²) in [6.07, 6.45) is 0.0604. The molecule has 0 radical (unpaired) electrons. The molecule has 0 heterocycles. The first kappa shape index (κ1) is 18.1. The van der Waals surface area contributed by atoms with E-state index >= 15 is 0 Å². The van der Waals surface area contributed by atoms with Gasteiger partial charge in [0.05, 0.1) is 6.42 Å². The first-order chi connectivity index (χ1) is 12.6. The zero-order valence-electron chi connectivity index (χ0n) is 14.6. The molecule has 1 unspecified atom stereocenters. The lowest BCUT2D eigenvalue weighted by atomic mass is 10.1. The highest BCUT2D eigenvalue weighted by atomic mass is 32.2. The van der Waals surface area contributed by atoms with Crippen molar-refractivity contribution in [3.05, 3.63) is 90.0 Å². The van der Waals surface area contributed by atoms with E-state index in [-0.39, 0.29) is 12.5 Å². The predicted octanol–water partition coefficient (Wildman–Crippen LogP) is 5.64. The van der Waals surface area contributed by atoms with Gasteiger partial charge in [-0.05, 0) is 54.4 Å². The average molecular weight is 363 g/mol. The van der Waals surface area contributed by atoms with Gasteiger partial charge in [-0.3, -0.25) is 4.79 Å². The molecule has 26 heavy (non-hydrogen) atoms. The summed E-state index contributed by atoms with van der Waals surface area (Å²) in [5, 5.41) is 12.3. The first-order valence-electron chi connectivity index (χ1n) is 8.50. The molecule has 3 rings (SSSR count). The Morgan fingerprint density at radius 3 is 2.08 bits per heavy atom. The van der Waals surface area contributed by atoms with Crippen molar-refractivity contribution in [2.75, 3.05) is 5.32 Å². The summed E-state index contributed by atoms with van der Waals surface area (Å²) < 4.78 is 0. The van der Waals surface area contributed by atoms with Gasteiger partial charge < -0.3 is 10.4 Å². The Labute approximate surface area is 158 Å². The molecule has 0 spiro atoms. The summed E-state index contributed by atoms with van der Waals surface area (Å²) in [5.74, 6) is -0.807. The number of carboxylic acids is 1. The van der Waals surface area contributed by atoms with Crippen LogP contribution in [0.25, 0.3) is 0 Å². The van der Waals surface area contributed by atoms with Gasteiger partial charge in [0.15, 0.2) is 0 Å². The number of hydrogen-bond acceptors (Lipinski definition) is 3. The van der Waals surface area contributed by atoms with Crippen LogP contribution in [0.3, 0.4) is 0 Å². The minimum absolute atomic E-state index is 0.0604. The van der Waals surface area contributed by atoms with Crippen molar-refractivity contribution in [1.29, 1.82) is 0 Å². The Bertz CT molecular complexity index is 846. The summed E-state index contributed by atoms with van der Waals surface area (Å²) in [5.41, 5.74) is 3.16. The van der Waals surface area contributed by atoms with Crippen LogP contribution >= 0.6 is 11.8 Å². The average Bonchev–Trinajstić information content (AvgIpc) is 2.65. The Hall–Kier alpha value is -2.72. The van der Waals surface area contributed by atoms with E-state index in [1.165, 1.54) is 5.56 Å². The van der Waals surface area contributed by atoms with Crippen LogP contribution in [0.15, 0.2) is 88.7 Å². The number of aliphatic carboxylic acids is 1. The zero-order chi connectivity index (χ0) is 18.4. The largest absolute Gasteiger partial charge is 0.481 e. The molecule has 0 bridgehead atoms. The van der Waals surface area contributed by atoms with Gasteiger partial charge in [0, 0.05) is 21.5 Å². The van der Waals surface area contributed by atoms with Gasteiger partial charge in [-0.15, -0.1) is 0 Å². The van der Waals surface area contributed by atoms with Crippen LogP contribution in [-0.2, 0) is 11.2 Å². The molecule has 0 fully saturated rings. The van der Waals surface area contributed by atoms with Crippen LogP contribution in [0.5, 0.6) is 0 Å². The number of hydrogen-bond donors (Lipinski definition) is 2. The lowest BCUT2D eigenvalue weighted by Crippen LogP contribution is -2.06. The molecule has 0 aliphatic rings. The van der Waals surface area contributed by atoms with Gasteiger partial charge in [0.2, 0.25) is 0 Å². The molecule has 0 aromatic heterocycles. The van der Waals surface area contributed by atoms with Crippen molar-refractivity contribution in [2.45, 2.75) is 29.2 Å². The Kier molecular flexibility index (Phi) is 5.97. The second-order valence-electron chi connectivity index (χ2n) is 6.12. The Balaban J connectivity index is 1.60. The van der Waals surface area contributed by atoms with Crippen LogP contribution in [0, 0.1) is 0 Å². The molecule has 0 saturated carbocycles. The molecule has 0 amide bonds. The van der Waals surface area contributed by atoms with Gasteiger partial charge >= 0.3 is 5.97 Å². The maximum absolute atomic E-state index is 10.7. The molecule has 4 heteroatoms. The predicted molar refractivity (Wildman–Crippen MR) is 107 cm³/mol. The maximum Gasteiger partial charge on any atom is 0.307 e. The third-order valence-corrected chi connectivity index (χ3v) is 5.07. The highest BCUT2D eigenvalue weighted by Gasteiger charge is 2.05. The number of rotatable bonds is 7. The van der Waals surface area contributed by atoms with Gasteiger partial charge in [0.1, 0.15) is 0 Å². The van der Waals surface area contributed by atoms with E-state index in [4.69, 9.17) is 5.11 Å². The normalized spacial score (nSPS) is 11.7. The van der Waals surface area contributed by atoms with Crippen LogP contribution in [-0.4, -0.2) is 11.1 Å². The summed E-state index contributed by atoms with van der Waals surface area (Å²) in [7, 11) is 0. The molecule has 0 saturated heterocycles. The molecule has 0 aliphatic heterocycles. The quantitative estimate of drug-likeness (QED) is 0.570. The van der Waals surface area contributed by atoms with Gasteiger partial charge in [-0.2, -0.15) is 0 Å². The van der Waals surface area contributed by atoms with Gasteiger partial charge in [-0.25, -0.2) is 0 Å². The fraction of sp³-hybridized carbons (Fsp3) is 0.136. The van der Waals surface area contributed by atoms with Crippen molar-refractivity contribution < 1.29 is 9.90 Å². The van der Waals surface area contributed by atoms with Gasteiger partial charge in [-0.1, -0.05) is 54.2 Å². The van der Waals surface area contributed by atoms with Gasteiger partial charge in [0.25, 0.3) is 0 Å². The number of carbonyl (C=O) groups is 1. The third-order valence-electron chi connectivity index (χ3n) is 4.05. The van der Waals surface area contributed by atoms with E-state index in [1.807, 2.05) is 30.3 Å². The number of anilines is 1. The maximum atomic E-state index is 10.7. The molecule has 3 nitrogen and oxygen atoms in total. The summed E-state index contributed by atoms with van der Waals surface area (Å²) in [6.45, 7) is 2.15. The topological polar surface area (TPSA) is 49.3 Å². The monoisotopic (exact) mass is 363 g/mol. The fourth-order valence-electron chi connectivity index (χ4n) is 2.68. The van der Waals surface area contributed by atoms with E-state index in [2.05, 4.69) is 60.8 Å². The SMILES string of the molecule is CC(Nc1ccc(Sc2ccc(CC(=O)O)cc2)cc1)c1ccccc1. The van der Waals surface area contributed by atoms with E-state index in [1.54, 1.807) is 11.8 Å². The smallest absolute Gasteiger partial charge is 0.307 e. The van der Waals surface area contributed by atoms with Crippen LogP contribution in [0.2, 0.25) is 0 Å². The summed E-state index contributed by atoms with van der Waals surface area (Å²) in [4.78, 5) is 13.0. The van der Waals surface area contributed by atoms with Crippen LogP contribution in [0.4, 0.5) is 5.69 Å². The standard InChI is InChI=1S/C22H21NO2S/c1-16(18-5-3-2-4-6-18)23-19-9-13-21(14-10-19)26-20-11-7-17(8-12-20)15-22(24)25/h2-14,16,23H,15H2,1H3,(H,24,25). The highest BCUT2D eigenvalue weighted by Crippen LogP contribution is 2.29. The van der Waals surface area contributed by atoms with Crippen molar-refractivity contribution >= 4 is 23.4 Å². The molecule has 1 atom stereocenters. The Morgan fingerprint density at radius 1 is 0.923 bits per heavy atom. The number of carboxylic acid groups (broad SMARTS) is 1. The van der Waals surface area contributed by atoms with E-state index < -0.39 is 5.97 Å². The van der Waals surface area contributed by atoms with E-state index in [0.29, 0.717) is 0 Å². The first-order valence-corrected chi connectivity index (χ1v) is 9.32. The second-order valence-corrected chi connectivity index (χ2v) is 7.26. The number of nitrogens with one attached hydrogen (secondary N) is 1. The van der Waals surface area contributed by atoms with Crippen molar-refractivity contribution in [1.82, 2.24) is 0 Å². The molecule has 3 aromatic carbocycles. The molecule has 0 aliphatic carbocycles. The van der Waals surface area contributed by atoms with Crippen molar-refractivity contribution in [3.63, 3.8) is 0 Å².